The predicted molar refractivity (Wildman–Crippen MR) is 151 cm³/mol. The van der Waals surface area contributed by atoms with E-state index in [1.807, 2.05) is 36.4 Å². The highest BCUT2D eigenvalue weighted by Crippen LogP contribution is 2.31. The van der Waals surface area contributed by atoms with Gasteiger partial charge in [0.15, 0.2) is 0 Å². The number of thiophene rings is 1. The van der Waals surface area contributed by atoms with Gasteiger partial charge in [0, 0.05) is 21.3 Å². The number of carbonyl (C=O) groups excluding carboxylic acids is 1. The van der Waals surface area contributed by atoms with Crippen LogP contribution in [0, 0.1) is 24.1 Å². The van der Waals surface area contributed by atoms with Crippen LogP contribution in [0.4, 0.5) is 16.0 Å². The van der Waals surface area contributed by atoms with E-state index >= 15 is 0 Å². The minimum absolute atomic E-state index is 0.232. The molecule has 3 aromatic heterocycles. The Morgan fingerprint density at radius 2 is 1.97 bits per heavy atom. The first kappa shape index (κ1) is 25.8. The number of nitrogen functional groups attached to an aromatic ring is 1. The summed E-state index contributed by atoms with van der Waals surface area (Å²) in [5.41, 5.74) is 9.46. The number of pyridine rings is 1. The molecular weight excluding hydrogens is 513 g/mol. The lowest BCUT2D eigenvalue weighted by Gasteiger charge is -2.17. The van der Waals surface area contributed by atoms with Crippen molar-refractivity contribution in [3.8, 4) is 16.5 Å². The number of nitriles is 1. The Balaban J connectivity index is 1.33. The van der Waals surface area contributed by atoms with Gasteiger partial charge >= 0.3 is 0 Å². The number of anilines is 2. The second-order valence-electron chi connectivity index (χ2n) is 9.05. The molecule has 3 heterocycles. The average Bonchev–Trinajstić information content (AvgIpc) is 3.42. The maximum Gasteiger partial charge on any atom is 0.255 e. The molecule has 0 radical (unpaired) electrons. The van der Waals surface area contributed by atoms with Crippen LogP contribution in [0.2, 0.25) is 0 Å². The number of rotatable bonds is 7. The lowest BCUT2D eigenvalue weighted by atomic mass is 10.1. The van der Waals surface area contributed by atoms with Crippen molar-refractivity contribution in [2.75, 3.05) is 11.1 Å². The standard InChI is InChI=1S/C29H24FN7OS/c1-16-3-4-19(11-24(16)30)17(2)37-29(38)23-9-18(12-31)13-33-28(23)34-14-21-6-8-26(39-21)20-5-7-25-22(10-20)27(32)36-15-35-25/h3-11,13,15,17H,14H2,1-2H3,(H,33,34)(H,37,38)(H2,32,35,36)/t17-/m0/s1. The molecule has 8 nitrogen and oxygen atoms in total. The number of carbonyl (C=O) groups is 1. The molecule has 0 fully saturated rings. The van der Waals surface area contributed by atoms with Crippen molar-refractivity contribution in [2.45, 2.75) is 26.4 Å². The molecule has 0 aliphatic heterocycles. The highest BCUT2D eigenvalue weighted by molar-refractivity contribution is 7.15. The number of aromatic nitrogens is 3. The number of nitrogens with zero attached hydrogens (tertiary/aromatic N) is 4. The van der Waals surface area contributed by atoms with E-state index in [4.69, 9.17) is 5.73 Å². The fourth-order valence-electron chi connectivity index (χ4n) is 4.10. The molecule has 5 rings (SSSR count). The van der Waals surface area contributed by atoms with Gasteiger partial charge in [-0.15, -0.1) is 11.3 Å². The highest BCUT2D eigenvalue weighted by Gasteiger charge is 2.18. The molecule has 1 amide bonds. The highest BCUT2D eigenvalue weighted by atomic mass is 32.1. The number of hydrogen-bond donors (Lipinski definition) is 3. The molecule has 5 aromatic rings. The average molecular weight is 538 g/mol. The van der Waals surface area contributed by atoms with E-state index in [1.54, 1.807) is 37.3 Å². The van der Waals surface area contributed by atoms with Gasteiger partial charge in [-0.1, -0.05) is 18.2 Å². The zero-order valence-corrected chi connectivity index (χ0v) is 22.0. The smallest absolute Gasteiger partial charge is 0.255 e. The zero-order chi connectivity index (χ0) is 27.5. The Morgan fingerprint density at radius 1 is 1.13 bits per heavy atom. The van der Waals surface area contributed by atoms with Gasteiger partial charge < -0.3 is 16.4 Å². The number of benzene rings is 2. The van der Waals surface area contributed by atoms with E-state index < -0.39 is 11.9 Å². The summed E-state index contributed by atoms with van der Waals surface area (Å²) >= 11 is 1.59. The number of hydrogen-bond acceptors (Lipinski definition) is 8. The summed E-state index contributed by atoms with van der Waals surface area (Å²) in [5, 5.41) is 16.3. The van der Waals surface area contributed by atoms with E-state index in [0.717, 1.165) is 26.2 Å². The van der Waals surface area contributed by atoms with Crippen molar-refractivity contribution in [1.29, 1.82) is 5.26 Å². The Labute approximate surface area is 228 Å². The molecule has 0 spiro atoms. The minimum Gasteiger partial charge on any atom is -0.383 e. The van der Waals surface area contributed by atoms with E-state index in [1.165, 1.54) is 24.7 Å². The lowest BCUT2D eigenvalue weighted by molar-refractivity contribution is 0.0940. The molecule has 39 heavy (non-hydrogen) atoms. The monoisotopic (exact) mass is 537 g/mol. The Kier molecular flexibility index (Phi) is 7.17. The summed E-state index contributed by atoms with van der Waals surface area (Å²) in [7, 11) is 0. The second-order valence-corrected chi connectivity index (χ2v) is 10.2. The number of fused-ring (bicyclic) bond motifs is 1. The van der Waals surface area contributed by atoms with Gasteiger partial charge in [0.2, 0.25) is 0 Å². The molecule has 0 unspecified atom stereocenters. The first-order valence-corrected chi connectivity index (χ1v) is 12.9. The number of nitrogens with one attached hydrogen (secondary N) is 2. The van der Waals surface area contributed by atoms with Crippen molar-refractivity contribution < 1.29 is 9.18 Å². The second kappa shape index (κ2) is 10.8. The van der Waals surface area contributed by atoms with Crippen molar-refractivity contribution in [3.63, 3.8) is 0 Å². The topological polar surface area (TPSA) is 130 Å². The quantitative estimate of drug-likeness (QED) is 0.241. The number of halogens is 1. The third-order valence-electron chi connectivity index (χ3n) is 6.35. The predicted octanol–water partition coefficient (Wildman–Crippen LogP) is 5.76. The van der Waals surface area contributed by atoms with Crippen molar-refractivity contribution >= 4 is 39.8 Å². The molecule has 10 heteroatoms. The maximum absolute atomic E-state index is 14.0. The van der Waals surface area contributed by atoms with Gasteiger partial charge in [-0.3, -0.25) is 4.79 Å². The van der Waals surface area contributed by atoms with Crippen LogP contribution >= 0.6 is 11.3 Å². The Bertz CT molecular complexity index is 1740. The van der Waals surface area contributed by atoms with Crippen LogP contribution in [-0.2, 0) is 6.54 Å². The van der Waals surface area contributed by atoms with Gasteiger partial charge in [0.05, 0.1) is 29.2 Å². The van der Waals surface area contributed by atoms with E-state index in [2.05, 4.69) is 25.6 Å². The fraction of sp³-hybridized carbons (Fsp3) is 0.138. The molecule has 0 aliphatic rings. The van der Waals surface area contributed by atoms with Crippen LogP contribution in [-0.4, -0.2) is 20.9 Å². The molecule has 0 saturated carbocycles. The van der Waals surface area contributed by atoms with E-state index in [9.17, 15) is 14.4 Å². The van der Waals surface area contributed by atoms with Gasteiger partial charge in [-0.25, -0.2) is 19.3 Å². The largest absolute Gasteiger partial charge is 0.383 e. The maximum atomic E-state index is 14.0. The summed E-state index contributed by atoms with van der Waals surface area (Å²) < 4.78 is 14.0. The molecule has 4 N–H and O–H groups in total. The van der Waals surface area contributed by atoms with Gasteiger partial charge in [0.25, 0.3) is 5.91 Å². The third-order valence-corrected chi connectivity index (χ3v) is 7.48. The van der Waals surface area contributed by atoms with Crippen LogP contribution in [0.5, 0.6) is 0 Å². The minimum atomic E-state index is -0.451. The molecular formula is C29H24FN7OS. The van der Waals surface area contributed by atoms with Crippen LogP contribution in [0.15, 0.2) is 67.1 Å². The van der Waals surface area contributed by atoms with Crippen molar-refractivity contribution in [3.05, 3.63) is 100 Å². The van der Waals surface area contributed by atoms with E-state index in [0.29, 0.717) is 29.3 Å². The summed E-state index contributed by atoms with van der Waals surface area (Å²) in [5.74, 6) is 0.0255. The lowest BCUT2D eigenvalue weighted by Crippen LogP contribution is -2.28. The normalized spacial score (nSPS) is 11.6. The first-order valence-electron chi connectivity index (χ1n) is 12.1. The third kappa shape index (κ3) is 5.54. The molecule has 0 saturated heterocycles. The Hall–Kier alpha value is -4.88. The summed E-state index contributed by atoms with van der Waals surface area (Å²) in [4.78, 5) is 27.9. The number of nitrogens with two attached hydrogens (primary N) is 1. The first-order chi connectivity index (χ1) is 18.8. The SMILES string of the molecule is Cc1ccc([C@H](C)NC(=O)c2cc(C#N)cnc2NCc2ccc(-c3ccc4ncnc(N)c4c3)s2)cc1F. The van der Waals surface area contributed by atoms with Crippen LogP contribution in [0.3, 0.4) is 0 Å². The molecule has 2 aromatic carbocycles. The van der Waals surface area contributed by atoms with Gasteiger partial charge in [-0.2, -0.15) is 5.26 Å². The molecule has 1 atom stereocenters. The van der Waals surface area contributed by atoms with Crippen LogP contribution in [0.1, 0.15) is 44.9 Å². The summed E-state index contributed by atoms with van der Waals surface area (Å²) in [6.07, 6.45) is 2.86. The summed E-state index contributed by atoms with van der Waals surface area (Å²) in [6.45, 7) is 3.88. The van der Waals surface area contributed by atoms with Gasteiger partial charge in [-0.05, 0) is 66.9 Å². The zero-order valence-electron chi connectivity index (χ0n) is 21.2. The Morgan fingerprint density at radius 3 is 2.77 bits per heavy atom. The number of aryl methyl sites for hydroxylation is 1. The van der Waals surface area contributed by atoms with Gasteiger partial charge in [0.1, 0.15) is 29.8 Å². The number of amides is 1. The fourth-order valence-corrected chi connectivity index (χ4v) is 5.05. The van der Waals surface area contributed by atoms with E-state index in [-0.39, 0.29) is 16.9 Å². The summed E-state index contributed by atoms with van der Waals surface area (Å²) in [6, 6.07) is 17.8. The van der Waals surface area contributed by atoms with Crippen LogP contribution < -0.4 is 16.4 Å². The van der Waals surface area contributed by atoms with Crippen molar-refractivity contribution in [2.24, 2.45) is 0 Å². The molecule has 194 valence electrons. The molecule has 0 aliphatic carbocycles. The van der Waals surface area contributed by atoms with Crippen LogP contribution in [0.25, 0.3) is 21.3 Å². The molecule has 0 bridgehead atoms. The van der Waals surface area contributed by atoms with Crippen molar-refractivity contribution in [1.82, 2.24) is 20.3 Å².